The number of anilines is 1. The Morgan fingerprint density at radius 3 is 2.65 bits per heavy atom. The molecule has 0 radical (unpaired) electrons. The maximum Gasteiger partial charge on any atom is 0.251 e. The highest BCUT2D eigenvalue weighted by atomic mass is 79.9. The van der Waals surface area contributed by atoms with E-state index in [1.807, 2.05) is 19.1 Å². The molecule has 1 saturated carbocycles. The third-order valence-electron chi connectivity index (χ3n) is 4.70. The molecule has 0 bridgehead atoms. The van der Waals surface area contributed by atoms with Gasteiger partial charge < -0.3 is 11.1 Å². The van der Waals surface area contributed by atoms with Gasteiger partial charge in [0.2, 0.25) is 0 Å². The zero-order valence-electron chi connectivity index (χ0n) is 12.3. The summed E-state index contributed by atoms with van der Waals surface area (Å²) in [6.07, 6.45) is 6.15. The highest BCUT2D eigenvalue weighted by Gasteiger charge is 2.32. The molecular weight excluding hydrogens is 316 g/mol. The first kappa shape index (κ1) is 15.4. The van der Waals surface area contributed by atoms with Crippen LogP contribution in [0.25, 0.3) is 0 Å². The number of carbonyl (C=O) groups is 1. The average molecular weight is 339 g/mol. The van der Waals surface area contributed by atoms with Crippen LogP contribution in [-0.4, -0.2) is 12.5 Å². The molecule has 2 rings (SSSR count). The first-order chi connectivity index (χ1) is 9.47. The Balaban J connectivity index is 2.09. The van der Waals surface area contributed by atoms with Crippen LogP contribution in [0.3, 0.4) is 0 Å². The van der Waals surface area contributed by atoms with Crippen molar-refractivity contribution in [2.45, 2.75) is 46.0 Å². The first-order valence-corrected chi connectivity index (χ1v) is 8.10. The van der Waals surface area contributed by atoms with Crippen LogP contribution < -0.4 is 11.1 Å². The highest BCUT2D eigenvalue weighted by Crippen LogP contribution is 2.40. The second-order valence-electron chi connectivity index (χ2n) is 5.91. The fourth-order valence-corrected chi connectivity index (χ4v) is 3.55. The molecule has 20 heavy (non-hydrogen) atoms. The summed E-state index contributed by atoms with van der Waals surface area (Å²) in [4.78, 5) is 12.4. The zero-order valence-corrected chi connectivity index (χ0v) is 13.8. The summed E-state index contributed by atoms with van der Waals surface area (Å²) in [6, 6.07) is 3.67. The zero-order chi connectivity index (χ0) is 14.8. The molecule has 0 saturated heterocycles. The summed E-state index contributed by atoms with van der Waals surface area (Å²) in [5.41, 5.74) is 8.39. The van der Waals surface area contributed by atoms with Crippen molar-refractivity contribution in [3.05, 3.63) is 27.7 Å². The van der Waals surface area contributed by atoms with Crippen LogP contribution in [-0.2, 0) is 0 Å². The number of benzene rings is 1. The molecule has 0 atom stereocenters. The van der Waals surface area contributed by atoms with E-state index >= 15 is 0 Å². The lowest BCUT2D eigenvalue weighted by Crippen LogP contribution is -2.36. The van der Waals surface area contributed by atoms with Crippen LogP contribution in [0.2, 0.25) is 0 Å². The number of hydrogen-bond donors (Lipinski definition) is 2. The molecule has 0 spiro atoms. The lowest BCUT2D eigenvalue weighted by Gasteiger charge is -2.27. The predicted molar refractivity (Wildman–Crippen MR) is 86.8 cm³/mol. The van der Waals surface area contributed by atoms with Crippen LogP contribution in [0, 0.1) is 12.3 Å². The van der Waals surface area contributed by atoms with E-state index in [9.17, 15) is 4.79 Å². The molecule has 1 aliphatic carbocycles. The van der Waals surface area contributed by atoms with Crippen LogP contribution in [0.5, 0.6) is 0 Å². The molecule has 1 aliphatic rings. The van der Waals surface area contributed by atoms with Crippen molar-refractivity contribution in [3.63, 3.8) is 0 Å². The maximum atomic E-state index is 12.4. The van der Waals surface area contributed by atoms with Crippen LogP contribution >= 0.6 is 15.9 Å². The number of halogens is 1. The van der Waals surface area contributed by atoms with Gasteiger partial charge in [-0.3, -0.25) is 4.79 Å². The number of nitrogens with two attached hydrogens (primary N) is 1. The number of rotatable bonds is 4. The van der Waals surface area contributed by atoms with Gasteiger partial charge in [-0.1, -0.05) is 35.7 Å². The van der Waals surface area contributed by atoms with Gasteiger partial charge >= 0.3 is 0 Å². The molecule has 1 fully saturated rings. The minimum atomic E-state index is -0.0183. The Labute approximate surface area is 129 Å². The molecule has 0 aromatic heterocycles. The van der Waals surface area contributed by atoms with Crippen molar-refractivity contribution in [3.8, 4) is 0 Å². The fourth-order valence-electron chi connectivity index (χ4n) is 3.08. The molecule has 0 heterocycles. The largest absolute Gasteiger partial charge is 0.398 e. The number of carbonyl (C=O) groups excluding carboxylic acids is 1. The van der Waals surface area contributed by atoms with Crippen molar-refractivity contribution in [2.75, 3.05) is 12.3 Å². The van der Waals surface area contributed by atoms with Gasteiger partial charge in [0.25, 0.3) is 5.91 Å². The number of amides is 1. The Morgan fingerprint density at radius 1 is 1.40 bits per heavy atom. The standard InChI is InChI=1S/C16H23BrN2O/c1-3-16(6-4-5-7-16)10-19-15(20)13-8-12(17)9-14(18)11(13)2/h8-9H,3-7,10,18H2,1-2H3,(H,19,20). The van der Waals surface area contributed by atoms with Crippen LogP contribution in [0.15, 0.2) is 16.6 Å². The normalized spacial score (nSPS) is 17.1. The van der Waals surface area contributed by atoms with Gasteiger partial charge in [0.1, 0.15) is 0 Å². The van der Waals surface area contributed by atoms with Crippen molar-refractivity contribution >= 4 is 27.5 Å². The van der Waals surface area contributed by atoms with E-state index in [1.165, 1.54) is 25.7 Å². The van der Waals surface area contributed by atoms with Gasteiger partial charge in [0.15, 0.2) is 0 Å². The lowest BCUT2D eigenvalue weighted by atomic mass is 9.83. The molecule has 1 aromatic rings. The molecule has 1 amide bonds. The van der Waals surface area contributed by atoms with Crippen LogP contribution in [0.1, 0.15) is 54.9 Å². The van der Waals surface area contributed by atoms with Crippen molar-refractivity contribution in [1.29, 1.82) is 0 Å². The summed E-state index contributed by atoms with van der Waals surface area (Å²) in [6.45, 7) is 4.88. The van der Waals surface area contributed by atoms with Crippen molar-refractivity contribution in [1.82, 2.24) is 5.32 Å². The molecular formula is C16H23BrN2O. The summed E-state index contributed by atoms with van der Waals surface area (Å²) >= 11 is 3.40. The minimum absolute atomic E-state index is 0.0183. The first-order valence-electron chi connectivity index (χ1n) is 7.31. The van der Waals surface area contributed by atoms with Gasteiger partial charge in [-0.25, -0.2) is 0 Å². The summed E-state index contributed by atoms with van der Waals surface area (Å²) in [5.74, 6) is -0.0183. The van der Waals surface area contributed by atoms with E-state index in [1.54, 1.807) is 0 Å². The quantitative estimate of drug-likeness (QED) is 0.814. The molecule has 3 nitrogen and oxygen atoms in total. The van der Waals surface area contributed by atoms with E-state index in [2.05, 4.69) is 28.2 Å². The molecule has 3 N–H and O–H groups in total. The number of nitrogens with one attached hydrogen (secondary N) is 1. The van der Waals surface area contributed by atoms with Gasteiger partial charge in [-0.05, 0) is 49.3 Å². The Morgan fingerprint density at radius 2 is 2.05 bits per heavy atom. The van der Waals surface area contributed by atoms with E-state index < -0.39 is 0 Å². The van der Waals surface area contributed by atoms with Gasteiger partial charge in [0, 0.05) is 22.3 Å². The van der Waals surface area contributed by atoms with E-state index in [-0.39, 0.29) is 5.91 Å². The van der Waals surface area contributed by atoms with Gasteiger partial charge in [-0.2, -0.15) is 0 Å². The molecule has 0 unspecified atom stereocenters. The van der Waals surface area contributed by atoms with Crippen molar-refractivity contribution in [2.24, 2.45) is 5.41 Å². The molecule has 0 aliphatic heterocycles. The van der Waals surface area contributed by atoms with Gasteiger partial charge in [-0.15, -0.1) is 0 Å². The van der Waals surface area contributed by atoms with E-state index in [4.69, 9.17) is 5.73 Å². The van der Waals surface area contributed by atoms with Crippen LogP contribution in [0.4, 0.5) is 5.69 Å². The third-order valence-corrected chi connectivity index (χ3v) is 5.15. The Hall–Kier alpha value is -1.03. The molecule has 110 valence electrons. The molecule has 1 aromatic carbocycles. The summed E-state index contributed by atoms with van der Waals surface area (Å²) in [5, 5.41) is 3.11. The average Bonchev–Trinajstić information content (AvgIpc) is 2.89. The van der Waals surface area contributed by atoms with Gasteiger partial charge in [0.05, 0.1) is 0 Å². The summed E-state index contributed by atoms with van der Waals surface area (Å²) < 4.78 is 0.844. The van der Waals surface area contributed by atoms with Crippen molar-refractivity contribution < 1.29 is 4.79 Å². The second-order valence-corrected chi connectivity index (χ2v) is 6.83. The number of nitrogen functional groups attached to an aromatic ring is 1. The summed E-state index contributed by atoms with van der Waals surface area (Å²) in [7, 11) is 0. The Bertz CT molecular complexity index is 507. The van der Waals surface area contributed by atoms with E-state index in [0.29, 0.717) is 16.7 Å². The second kappa shape index (κ2) is 6.17. The lowest BCUT2D eigenvalue weighted by molar-refractivity contribution is 0.0928. The Kier molecular flexibility index (Phi) is 4.74. The topological polar surface area (TPSA) is 55.1 Å². The highest BCUT2D eigenvalue weighted by molar-refractivity contribution is 9.10. The maximum absolute atomic E-state index is 12.4. The smallest absolute Gasteiger partial charge is 0.251 e. The SMILES string of the molecule is CCC1(CNC(=O)c2cc(Br)cc(N)c2C)CCCC1. The minimum Gasteiger partial charge on any atom is -0.398 e. The third kappa shape index (κ3) is 3.17. The molecule has 4 heteroatoms. The number of hydrogen-bond acceptors (Lipinski definition) is 2. The van der Waals surface area contributed by atoms with E-state index in [0.717, 1.165) is 23.0 Å². The monoisotopic (exact) mass is 338 g/mol. The fraction of sp³-hybridized carbons (Fsp3) is 0.562. The predicted octanol–water partition coefficient (Wildman–Crippen LogP) is 4.04.